The van der Waals surface area contributed by atoms with Gasteiger partial charge in [-0.15, -0.1) is 5.11 Å². The molecule has 0 N–H and O–H groups in total. The molecule has 5 rings (SSSR count). The highest BCUT2D eigenvalue weighted by molar-refractivity contribution is 14.1. The highest BCUT2D eigenvalue weighted by Crippen LogP contribution is 2.33. The normalized spacial score (nSPS) is 13.8. The van der Waals surface area contributed by atoms with Gasteiger partial charge in [0.1, 0.15) is 0 Å². The molecule has 0 amide bonds. The van der Waals surface area contributed by atoms with E-state index in [1.165, 1.54) is 0 Å². The zero-order valence-corrected chi connectivity index (χ0v) is 21.2. The zero-order chi connectivity index (χ0) is 23.9. The minimum absolute atomic E-state index is 0.277. The van der Waals surface area contributed by atoms with E-state index in [0.717, 1.165) is 20.5 Å². The first-order valence-electron chi connectivity index (χ1n) is 11.4. The molecule has 0 bridgehead atoms. The third-order valence-electron chi connectivity index (χ3n) is 5.43. The van der Waals surface area contributed by atoms with Gasteiger partial charge in [0.2, 0.25) is 11.9 Å². The van der Waals surface area contributed by atoms with Crippen LogP contribution < -0.4 is 9.80 Å². The molecule has 2 heterocycles. The van der Waals surface area contributed by atoms with E-state index in [1.54, 1.807) is 0 Å². The van der Waals surface area contributed by atoms with Crippen LogP contribution in [0.15, 0.2) is 95.2 Å². The van der Waals surface area contributed by atoms with E-state index in [9.17, 15) is 0 Å². The molecule has 8 nitrogen and oxygen atoms in total. The molecule has 176 valence electrons. The largest absolute Gasteiger partial charge is 0.378 e. The van der Waals surface area contributed by atoms with Gasteiger partial charge in [-0.05, 0) is 64.6 Å². The molecule has 0 radical (unpaired) electrons. The fraction of sp³-hybridized carbons (Fsp3) is 0.192. The summed E-state index contributed by atoms with van der Waals surface area (Å²) in [6, 6.07) is 28.3. The van der Waals surface area contributed by atoms with Gasteiger partial charge in [-0.1, -0.05) is 48.5 Å². The van der Waals surface area contributed by atoms with Crippen LogP contribution in [0, 0.1) is 3.57 Å². The van der Waals surface area contributed by atoms with Gasteiger partial charge in [-0.25, -0.2) is 0 Å². The lowest BCUT2D eigenvalue weighted by Crippen LogP contribution is -2.37. The third kappa shape index (κ3) is 5.98. The van der Waals surface area contributed by atoms with Gasteiger partial charge >= 0.3 is 0 Å². The molecule has 1 aliphatic heterocycles. The van der Waals surface area contributed by atoms with E-state index in [2.05, 4.69) is 54.8 Å². The Balaban J connectivity index is 1.54. The fourth-order valence-electron chi connectivity index (χ4n) is 3.74. The van der Waals surface area contributed by atoms with Crippen LogP contribution in [0.2, 0.25) is 0 Å². The SMILES string of the molecule is Ic1cccc(CN=Nc2nc(N3CCOCC3)nc(N(c3ccccc3)c3ccccc3)n2)c1. The number of nitrogens with zero attached hydrogens (tertiary/aromatic N) is 7. The van der Waals surface area contributed by atoms with Crippen molar-refractivity contribution >= 4 is 51.8 Å². The molecule has 4 aromatic rings. The highest BCUT2D eigenvalue weighted by atomic mass is 127. The molecule has 1 fully saturated rings. The third-order valence-corrected chi connectivity index (χ3v) is 6.10. The van der Waals surface area contributed by atoms with Crippen molar-refractivity contribution in [3.05, 3.63) is 94.1 Å². The van der Waals surface area contributed by atoms with Gasteiger partial charge in [0, 0.05) is 28.0 Å². The Morgan fingerprint density at radius 3 is 2.17 bits per heavy atom. The Morgan fingerprint density at radius 1 is 0.829 bits per heavy atom. The summed E-state index contributed by atoms with van der Waals surface area (Å²) in [5.41, 5.74) is 2.97. The number of halogens is 1. The summed E-state index contributed by atoms with van der Waals surface area (Å²) < 4.78 is 6.69. The lowest BCUT2D eigenvalue weighted by molar-refractivity contribution is 0.122. The summed E-state index contributed by atoms with van der Waals surface area (Å²) in [5, 5.41) is 8.79. The van der Waals surface area contributed by atoms with Gasteiger partial charge in [-0.2, -0.15) is 20.1 Å². The van der Waals surface area contributed by atoms with Gasteiger partial charge in [-0.3, -0.25) is 4.90 Å². The summed E-state index contributed by atoms with van der Waals surface area (Å²) in [6.45, 7) is 3.13. The Hall–Kier alpha value is -3.44. The quantitative estimate of drug-likeness (QED) is 0.196. The Bertz CT molecular complexity index is 1240. The van der Waals surface area contributed by atoms with Crippen LogP contribution in [0.5, 0.6) is 0 Å². The van der Waals surface area contributed by atoms with Crippen molar-refractivity contribution in [2.75, 3.05) is 36.1 Å². The molecule has 1 aromatic heterocycles. The molecule has 0 atom stereocenters. The standard InChI is InChI=1S/C26H24IN7O/c27-21-9-7-8-20(18-21)19-28-32-24-29-25(33-14-16-35-17-15-33)31-26(30-24)34(22-10-3-1-4-11-22)23-12-5-2-6-13-23/h1-13,18H,14-17,19H2. The highest BCUT2D eigenvalue weighted by Gasteiger charge is 2.21. The summed E-state index contributed by atoms with van der Waals surface area (Å²) in [5.74, 6) is 1.33. The predicted molar refractivity (Wildman–Crippen MR) is 145 cm³/mol. The average molecular weight is 577 g/mol. The van der Waals surface area contributed by atoms with Gasteiger partial charge < -0.3 is 9.64 Å². The summed E-state index contributed by atoms with van der Waals surface area (Å²) >= 11 is 2.29. The smallest absolute Gasteiger partial charge is 0.275 e. The van der Waals surface area contributed by atoms with Crippen LogP contribution in [0.3, 0.4) is 0 Å². The molecule has 0 aliphatic carbocycles. The number of para-hydroxylation sites is 2. The van der Waals surface area contributed by atoms with Crippen molar-refractivity contribution in [3.8, 4) is 0 Å². The molecule has 1 aliphatic rings. The fourth-order valence-corrected chi connectivity index (χ4v) is 4.35. The van der Waals surface area contributed by atoms with Crippen LogP contribution in [-0.4, -0.2) is 41.3 Å². The molecular formula is C26H24IN7O. The first-order valence-corrected chi connectivity index (χ1v) is 12.4. The van der Waals surface area contributed by atoms with E-state index in [1.807, 2.05) is 77.7 Å². The molecule has 35 heavy (non-hydrogen) atoms. The molecule has 3 aromatic carbocycles. The molecule has 0 unspecified atom stereocenters. The van der Waals surface area contributed by atoms with E-state index >= 15 is 0 Å². The predicted octanol–water partition coefficient (Wildman–Crippen LogP) is 6.07. The maximum absolute atomic E-state index is 5.53. The lowest BCUT2D eigenvalue weighted by atomic mass is 10.2. The molecule has 0 saturated carbocycles. The second-order valence-electron chi connectivity index (χ2n) is 7.87. The van der Waals surface area contributed by atoms with E-state index in [4.69, 9.17) is 14.7 Å². The van der Waals surface area contributed by atoms with Crippen molar-refractivity contribution in [2.45, 2.75) is 6.54 Å². The van der Waals surface area contributed by atoms with Gasteiger partial charge in [0.05, 0.1) is 19.8 Å². The first-order chi connectivity index (χ1) is 17.3. The van der Waals surface area contributed by atoms with Crippen molar-refractivity contribution < 1.29 is 4.74 Å². The summed E-state index contributed by atoms with van der Waals surface area (Å²) in [6.07, 6.45) is 0. The number of anilines is 4. The maximum atomic E-state index is 5.53. The monoisotopic (exact) mass is 577 g/mol. The van der Waals surface area contributed by atoms with Crippen LogP contribution in [0.25, 0.3) is 0 Å². The second kappa shape index (κ2) is 11.3. The van der Waals surface area contributed by atoms with Crippen LogP contribution in [0.4, 0.5) is 29.2 Å². The van der Waals surface area contributed by atoms with Crippen molar-refractivity contribution in [3.63, 3.8) is 0 Å². The van der Waals surface area contributed by atoms with E-state index < -0.39 is 0 Å². The Morgan fingerprint density at radius 2 is 1.51 bits per heavy atom. The minimum atomic E-state index is 0.277. The number of azo groups is 1. The molecular weight excluding hydrogens is 553 g/mol. The van der Waals surface area contributed by atoms with Gasteiger partial charge in [0.15, 0.2) is 0 Å². The van der Waals surface area contributed by atoms with Crippen molar-refractivity contribution in [2.24, 2.45) is 10.2 Å². The van der Waals surface area contributed by atoms with Crippen LogP contribution in [-0.2, 0) is 11.3 Å². The first kappa shape index (κ1) is 23.3. The van der Waals surface area contributed by atoms with Crippen LogP contribution in [0.1, 0.15) is 5.56 Å². The molecule has 1 saturated heterocycles. The minimum Gasteiger partial charge on any atom is -0.378 e. The van der Waals surface area contributed by atoms with Crippen molar-refractivity contribution in [1.29, 1.82) is 0 Å². The van der Waals surface area contributed by atoms with Crippen molar-refractivity contribution in [1.82, 2.24) is 15.0 Å². The van der Waals surface area contributed by atoms with E-state index in [0.29, 0.717) is 44.7 Å². The maximum Gasteiger partial charge on any atom is 0.275 e. The molecule has 9 heteroatoms. The van der Waals surface area contributed by atoms with E-state index in [-0.39, 0.29) is 5.95 Å². The number of hydrogen-bond donors (Lipinski definition) is 0. The topological polar surface area (TPSA) is 79.1 Å². The second-order valence-corrected chi connectivity index (χ2v) is 9.12. The average Bonchev–Trinajstić information content (AvgIpc) is 2.91. The summed E-state index contributed by atoms with van der Waals surface area (Å²) in [7, 11) is 0. The molecule has 0 spiro atoms. The Labute approximate surface area is 217 Å². The number of morpholine rings is 1. The van der Waals surface area contributed by atoms with Crippen LogP contribution >= 0.6 is 22.6 Å². The number of benzene rings is 3. The Kier molecular flexibility index (Phi) is 7.54. The number of rotatable bonds is 7. The lowest BCUT2D eigenvalue weighted by Gasteiger charge is -2.28. The number of aromatic nitrogens is 3. The number of hydrogen-bond acceptors (Lipinski definition) is 8. The van der Waals surface area contributed by atoms with Gasteiger partial charge in [0.25, 0.3) is 5.95 Å². The number of ether oxygens (including phenoxy) is 1. The summed E-state index contributed by atoms with van der Waals surface area (Å²) in [4.78, 5) is 18.3. The zero-order valence-electron chi connectivity index (χ0n) is 19.0.